The highest BCUT2D eigenvalue weighted by molar-refractivity contribution is 5.78. The molecule has 4 heteroatoms. The third kappa shape index (κ3) is 3.21. The predicted octanol–water partition coefficient (Wildman–Crippen LogP) is 1.88. The number of amides is 1. The van der Waals surface area contributed by atoms with Crippen molar-refractivity contribution in [3.05, 3.63) is 29.3 Å². The Bertz CT molecular complexity index is 540. The van der Waals surface area contributed by atoms with Gasteiger partial charge < -0.3 is 15.4 Å². The smallest absolute Gasteiger partial charge is 0.260 e. The molecule has 0 radical (unpaired) electrons. The van der Waals surface area contributed by atoms with E-state index in [2.05, 4.69) is 6.92 Å². The van der Waals surface area contributed by atoms with Crippen molar-refractivity contribution in [2.45, 2.75) is 32.7 Å². The second-order valence-corrected chi connectivity index (χ2v) is 6.50. The highest BCUT2D eigenvalue weighted by atomic mass is 16.5. The first-order valence-electron chi connectivity index (χ1n) is 7.78. The van der Waals surface area contributed by atoms with Gasteiger partial charge in [-0.3, -0.25) is 4.79 Å². The van der Waals surface area contributed by atoms with Crippen molar-refractivity contribution in [1.82, 2.24) is 4.90 Å². The molecular formula is C17H24N2O2. The number of rotatable bonds is 4. The van der Waals surface area contributed by atoms with Crippen LogP contribution in [0, 0.1) is 25.7 Å². The zero-order chi connectivity index (χ0) is 15.0. The number of ether oxygens (including phenoxy) is 1. The Morgan fingerprint density at radius 2 is 2.05 bits per heavy atom. The van der Waals surface area contributed by atoms with Crippen LogP contribution in [0.3, 0.4) is 0 Å². The lowest BCUT2D eigenvalue weighted by molar-refractivity contribution is -0.132. The van der Waals surface area contributed by atoms with Gasteiger partial charge in [0, 0.05) is 19.1 Å². The second-order valence-electron chi connectivity index (χ2n) is 6.50. The number of benzene rings is 1. The Labute approximate surface area is 126 Å². The first-order valence-corrected chi connectivity index (χ1v) is 7.78. The van der Waals surface area contributed by atoms with Gasteiger partial charge in [0.2, 0.25) is 0 Å². The van der Waals surface area contributed by atoms with E-state index in [1.54, 1.807) is 0 Å². The second kappa shape index (κ2) is 5.68. The monoisotopic (exact) mass is 288 g/mol. The van der Waals surface area contributed by atoms with Gasteiger partial charge in [-0.1, -0.05) is 6.07 Å². The molecule has 1 aromatic carbocycles. The van der Waals surface area contributed by atoms with Gasteiger partial charge in [0.1, 0.15) is 5.75 Å². The third-order valence-electron chi connectivity index (χ3n) is 4.83. The maximum atomic E-state index is 12.2. The Morgan fingerprint density at radius 1 is 1.29 bits per heavy atom. The van der Waals surface area contributed by atoms with Crippen molar-refractivity contribution in [2.24, 2.45) is 17.6 Å². The molecule has 2 atom stereocenters. The SMILES string of the molecule is Cc1ccc(OCC(=O)N2C[C@@H](N)[C@H](C3CC3)C2)cc1C. The Kier molecular flexibility index (Phi) is 3.89. The number of nitrogens with two attached hydrogens (primary N) is 1. The fraction of sp³-hybridized carbons (Fsp3) is 0.588. The van der Waals surface area contributed by atoms with Crippen LogP contribution in [0.25, 0.3) is 0 Å². The molecule has 1 amide bonds. The zero-order valence-electron chi connectivity index (χ0n) is 12.8. The summed E-state index contributed by atoms with van der Waals surface area (Å²) in [6, 6.07) is 6.05. The van der Waals surface area contributed by atoms with E-state index in [0.29, 0.717) is 12.5 Å². The van der Waals surface area contributed by atoms with Crippen molar-refractivity contribution in [3.8, 4) is 5.75 Å². The number of carbonyl (C=O) groups excluding carboxylic acids is 1. The first-order chi connectivity index (χ1) is 10.0. The summed E-state index contributed by atoms with van der Waals surface area (Å²) in [6.45, 7) is 5.70. The summed E-state index contributed by atoms with van der Waals surface area (Å²) in [5.41, 5.74) is 8.56. The summed E-state index contributed by atoms with van der Waals surface area (Å²) < 4.78 is 5.63. The maximum absolute atomic E-state index is 12.2. The molecule has 1 heterocycles. The molecule has 1 saturated carbocycles. The average molecular weight is 288 g/mol. The molecule has 2 N–H and O–H groups in total. The van der Waals surface area contributed by atoms with E-state index in [9.17, 15) is 4.79 Å². The van der Waals surface area contributed by atoms with Gasteiger partial charge in [0.15, 0.2) is 6.61 Å². The summed E-state index contributed by atoms with van der Waals surface area (Å²) in [5, 5.41) is 0. The molecule has 2 fully saturated rings. The van der Waals surface area contributed by atoms with Gasteiger partial charge in [0.25, 0.3) is 5.91 Å². The molecule has 0 bridgehead atoms. The lowest BCUT2D eigenvalue weighted by atomic mass is 9.99. The number of carbonyl (C=O) groups is 1. The fourth-order valence-electron chi connectivity index (χ4n) is 3.12. The molecule has 0 spiro atoms. The predicted molar refractivity (Wildman–Crippen MR) is 82.2 cm³/mol. The quantitative estimate of drug-likeness (QED) is 0.920. The van der Waals surface area contributed by atoms with Crippen LogP contribution in [0.5, 0.6) is 5.75 Å². The molecule has 2 aliphatic rings. The van der Waals surface area contributed by atoms with E-state index in [1.807, 2.05) is 30.0 Å². The van der Waals surface area contributed by atoms with Crippen molar-refractivity contribution < 1.29 is 9.53 Å². The van der Waals surface area contributed by atoms with Crippen LogP contribution >= 0.6 is 0 Å². The molecular weight excluding hydrogens is 264 g/mol. The number of hydrogen-bond donors (Lipinski definition) is 1. The molecule has 0 unspecified atom stereocenters. The van der Waals surface area contributed by atoms with Crippen LogP contribution in [-0.2, 0) is 4.79 Å². The minimum atomic E-state index is 0.0480. The van der Waals surface area contributed by atoms with Crippen LogP contribution in [0.2, 0.25) is 0 Å². The summed E-state index contributed by atoms with van der Waals surface area (Å²) in [4.78, 5) is 14.1. The summed E-state index contributed by atoms with van der Waals surface area (Å²) in [7, 11) is 0. The molecule has 21 heavy (non-hydrogen) atoms. The Balaban J connectivity index is 1.53. The normalized spacial score (nSPS) is 25.2. The van der Waals surface area contributed by atoms with Gasteiger partial charge in [-0.2, -0.15) is 0 Å². The zero-order valence-corrected chi connectivity index (χ0v) is 12.8. The molecule has 1 aliphatic heterocycles. The minimum Gasteiger partial charge on any atom is -0.484 e. The van der Waals surface area contributed by atoms with Crippen LogP contribution in [0.1, 0.15) is 24.0 Å². The van der Waals surface area contributed by atoms with Gasteiger partial charge in [0.05, 0.1) is 0 Å². The molecule has 114 valence electrons. The topological polar surface area (TPSA) is 55.6 Å². The third-order valence-corrected chi connectivity index (χ3v) is 4.83. The number of hydrogen-bond acceptors (Lipinski definition) is 3. The van der Waals surface area contributed by atoms with E-state index in [1.165, 1.54) is 24.0 Å². The van der Waals surface area contributed by atoms with Crippen molar-refractivity contribution in [1.29, 1.82) is 0 Å². The molecule has 1 aliphatic carbocycles. The van der Waals surface area contributed by atoms with Crippen LogP contribution < -0.4 is 10.5 Å². The first kappa shape index (κ1) is 14.4. The molecule has 1 saturated heterocycles. The Morgan fingerprint density at radius 3 is 2.71 bits per heavy atom. The van der Waals surface area contributed by atoms with E-state index in [-0.39, 0.29) is 18.6 Å². The van der Waals surface area contributed by atoms with E-state index < -0.39 is 0 Å². The van der Waals surface area contributed by atoms with E-state index in [0.717, 1.165) is 18.2 Å². The molecule has 4 nitrogen and oxygen atoms in total. The van der Waals surface area contributed by atoms with Crippen molar-refractivity contribution in [2.75, 3.05) is 19.7 Å². The molecule has 0 aromatic heterocycles. The highest BCUT2D eigenvalue weighted by Crippen LogP contribution is 2.40. The van der Waals surface area contributed by atoms with E-state index in [4.69, 9.17) is 10.5 Å². The number of nitrogens with zero attached hydrogens (tertiary/aromatic N) is 1. The highest BCUT2D eigenvalue weighted by Gasteiger charge is 2.42. The summed E-state index contributed by atoms with van der Waals surface area (Å²) in [6.07, 6.45) is 2.55. The fourth-order valence-corrected chi connectivity index (χ4v) is 3.12. The Hall–Kier alpha value is -1.55. The lowest BCUT2D eigenvalue weighted by Gasteiger charge is -2.17. The standard InChI is InChI=1S/C17H24N2O2/c1-11-3-6-14(7-12(11)2)21-10-17(20)19-8-15(13-4-5-13)16(18)9-19/h3,6-7,13,15-16H,4-5,8-10,18H2,1-2H3/t15-,16+/m0/s1. The molecule has 3 rings (SSSR count). The van der Waals surface area contributed by atoms with Crippen LogP contribution in [-0.4, -0.2) is 36.5 Å². The maximum Gasteiger partial charge on any atom is 0.260 e. The summed E-state index contributed by atoms with van der Waals surface area (Å²) >= 11 is 0. The van der Waals surface area contributed by atoms with Crippen LogP contribution in [0.4, 0.5) is 0 Å². The average Bonchev–Trinajstić information content (AvgIpc) is 3.22. The largest absolute Gasteiger partial charge is 0.484 e. The lowest BCUT2D eigenvalue weighted by Crippen LogP contribution is -2.35. The number of likely N-dealkylation sites (tertiary alicyclic amines) is 1. The molecule has 1 aromatic rings. The van der Waals surface area contributed by atoms with Crippen molar-refractivity contribution in [3.63, 3.8) is 0 Å². The van der Waals surface area contributed by atoms with Gasteiger partial charge in [-0.15, -0.1) is 0 Å². The van der Waals surface area contributed by atoms with Gasteiger partial charge in [-0.25, -0.2) is 0 Å². The van der Waals surface area contributed by atoms with Gasteiger partial charge >= 0.3 is 0 Å². The summed E-state index contributed by atoms with van der Waals surface area (Å²) in [5.74, 6) is 2.05. The number of aryl methyl sites for hydroxylation is 2. The van der Waals surface area contributed by atoms with Crippen LogP contribution in [0.15, 0.2) is 18.2 Å². The van der Waals surface area contributed by atoms with Gasteiger partial charge in [-0.05, 0) is 61.8 Å². The minimum absolute atomic E-state index is 0.0480. The van der Waals surface area contributed by atoms with E-state index >= 15 is 0 Å². The van der Waals surface area contributed by atoms with Crippen molar-refractivity contribution >= 4 is 5.91 Å².